The molecule has 0 unspecified atom stereocenters. The highest BCUT2D eigenvalue weighted by molar-refractivity contribution is 7.89. The zero-order valence-corrected chi connectivity index (χ0v) is 26.8. The number of urea groups is 1. The molecule has 3 amide bonds. The van der Waals surface area contributed by atoms with E-state index in [1.54, 1.807) is 60.4 Å². The van der Waals surface area contributed by atoms with Gasteiger partial charge < -0.3 is 29.9 Å². The van der Waals surface area contributed by atoms with Crippen LogP contribution in [0.3, 0.4) is 0 Å². The number of para-hydroxylation sites is 1. The van der Waals surface area contributed by atoms with Gasteiger partial charge in [-0.1, -0.05) is 36.8 Å². The van der Waals surface area contributed by atoms with Gasteiger partial charge in [0.25, 0.3) is 5.91 Å². The van der Waals surface area contributed by atoms with E-state index in [-0.39, 0.29) is 53.4 Å². The van der Waals surface area contributed by atoms with Crippen LogP contribution >= 0.6 is 0 Å². The number of rotatable bonds is 8. The van der Waals surface area contributed by atoms with Gasteiger partial charge in [-0.3, -0.25) is 4.79 Å². The number of sulfonamides is 1. The van der Waals surface area contributed by atoms with E-state index in [1.807, 2.05) is 49.9 Å². The second-order valence-electron chi connectivity index (χ2n) is 11.6. The minimum absolute atomic E-state index is 0.0249. The van der Waals surface area contributed by atoms with E-state index in [4.69, 9.17) is 4.74 Å². The Labute approximate surface area is 263 Å². The maximum absolute atomic E-state index is 13.8. The lowest BCUT2D eigenvalue weighted by Gasteiger charge is -2.38. The van der Waals surface area contributed by atoms with Gasteiger partial charge in [0.2, 0.25) is 10.0 Å². The molecule has 238 valence electrons. The van der Waals surface area contributed by atoms with Gasteiger partial charge >= 0.3 is 6.03 Å². The molecule has 2 heterocycles. The van der Waals surface area contributed by atoms with E-state index in [9.17, 15) is 23.1 Å². The Morgan fingerprint density at radius 3 is 2.44 bits per heavy atom. The number of hydrogen-bond acceptors (Lipinski definition) is 6. The van der Waals surface area contributed by atoms with Crippen LogP contribution in [0, 0.1) is 12.8 Å². The molecule has 0 saturated heterocycles. The van der Waals surface area contributed by atoms with Gasteiger partial charge in [-0.25, -0.2) is 13.2 Å². The van der Waals surface area contributed by atoms with Crippen LogP contribution in [0.25, 0.3) is 10.9 Å². The number of nitrogens with one attached hydrogen (secondary N) is 2. The minimum atomic E-state index is -3.85. The molecule has 1 aliphatic heterocycles. The molecule has 0 radical (unpaired) electrons. The van der Waals surface area contributed by atoms with Gasteiger partial charge in [-0.05, 0) is 56.3 Å². The Hall–Kier alpha value is -4.39. The summed E-state index contributed by atoms with van der Waals surface area (Å²) in [5.74, 6) is -0.580. The van der Waals surface area contributed by atoms with Crippen molar-refractivity contribution in [3.8, 4) is 5.75 Å². The fourth-order valence-corrected chi connectivity index (χ4v) is 6.67. The Bertz CT molecular complexity index is 1820. The van der Waals surface area contributed by atoms with Gasteiger partial charge in [0, 0.05) is 43.7 Å². The van der Waals surface area contributed by atoms with E-state index in [2.05, 4.69) is 10.6 Å². The molecule has 0 saturated carbocycles. The normalized spacial score (nSPS) is 17.8. The maximum Gasteiger partial charge on any atom is 0.323 e. The Morgan fingerprint density at radius 1 is 1.07 bits per heavy atom. The van der Waals surface area contributed by atoms with Gasteiger partial charge in [0.15, 0.2) is 5.75 Å². The number of aliphatic hydroxyl groups excluding tert-OH is 1. The molecule has 3 atom stereocenters. The lowest BCUT2D eigenvalue weighted by Crippen LogP contribution is -2.50. The highest BCUT2D eigenvalue weighted by Crippen LogP contribution is 2.35. The average Bonchev–Trinajstić information content (AvgIpc) is 3.40. The third kappa shape index (κ3) is 6.53. The summed E-state index contributed by atoms with van der Waals surface area (Å²) >= 11 is 0. The van der Waals surface area contributed by atoms with Crippen LogP contribution in [0.15, 0.2) is 77.8 Å². The number of nitrogens with zero attached hydrogens (tertiary/aromatic N) is 3. The number of aromatic nitrogens is 1. The van der Waals surface area contributed by atoms with E-state index in [1.165, 1.54) is 11.4 Å². The van der Waals surface area contributed by atoms with E-state index >= 15 is 0 Å². The van der Waals surface area contributed by atoms with Crippen molar-refractivity contribution in [2.24, 2.45) is 13.0 Å². The number of fused-ring (bicyclic) bond motifs is 2. The third-order valence-corrected chi connectivity index (χ3v) is 10.1. The molecule has 0 bridgehead atoms. The summed E-state index contributed by atoms with van der Waals surface area (Å²) in [6, 6.07) is 18.0. The zero-order valence-electron chi connectivity index (χ0n) is 26.0. The topological polar surface area (TPSA) is 133 Å². The first-order chi connectivity index (χ1) is 21.4. The number of likely N-dealkylation sites (N-methyl/N-ethyl adjacent to an activating group) is 1. The first-order valence-corrected chi connectivity index (χ1v) is 16.2. The molecule has 12 heteroatoms. The number of aryl methyl sites for hydroxylation is 2. The van der Waals surface area contributed by atoms with Crippen molar-refractivity contribution < 1.29 is 27.9 Å². The van der Waals surface area contributed by atoms with Crippen LogP contribution in [-0.2, 0) is 17.1 Å². The van der Waals surface area contributed by atoms with Gasteiger partial charge in [-0.15, -0.1) is 0 Å². The van der Waals surface area contributed by atoms with Crippen LogP contribution in [0.4, 0.5) is 16.2 Å². The number of benzene rings is 3. The second kappa shape index (κ2) is 12.9. The molecule has 45 heavy (non-hydrogen) atoms. The number of hydrogen-bond donors (Lipinski definition) is 3. The number of ether oxygens (including phenoxy) is 1. The van der Waals surface area contributed by atoms with Crippen molar-refractivity contribution in [3.63, 3.8) is 0 Å². The van der Waals surface area contributed by atoms with Crippen molar-refractivity contribution in [2.45, 2.75) is 37.8 Å². The highest BCUT2D eigenvalue weighted by atomic mass is 32.2. The zero-order chi connectivity index (χ0) is 32.5. The standard InChI is InChI=1S/C33H39N5O6S/c1-21-12-14-24(15-13-21)45(42,43)37(5)19-30-22(2)18-38(23(3)20-39)32(40)26-8-6-10-28(31(26)44-30)35-33(41)34-27-9-7-11-29-25(27)16-17-36(29)4/h6-17,22-23,30,39H,18-20H2,1-5H3,(H2,34,35,41)/t22-,23+,30+/m1/s1. The highest BCUT2D eigenvalue weighted by Gasteiger charge is 2.36. The SMILES string of the molecule is Cc1ccc(S(=O)(=O)N(C)C[C@@H]2Oc3c(NC(=O)Nc4cccc5c4ccn5C)cccc3C(=O)N([C@@H](C)CO)C[C@H]2C)cc1. The summed E-state index contributed by atoms with van der Waals surface area (Å²) in [5.41, 5.74) is 2.94. The van der Waals surface area contributed by atoms with E-state index in [0.29, 0.717) is 5.69 Å². The molecule has 4 aromatic rings. The largest absolute Gasteiger partial charge is 0.486 e. The fraction of sp³-hybridized carbons (Fsp3) is 0.333. The van der Waals surface area contributed by atoms with Crippen molar-refractivity contribution in [3.05, 3.63) is 84.1 Å². The summed E-state index contributed by atoms with van der Waals surface area (Å²) in [4.78, 5) is 28.8. The molecule has 11 nitrogen and oxygen atoms in total. The van der Waals surface area contributed by atoms with Crippen LogP contribution in [0.2, 0.25) is 0 Å². The quantitative estimate of drug-likeness (QED) is 0.258. The predicted octanol–water partition coefficient (Wildman–Crippen LogP) is 4.67. The Morgan fingerprint density at radius 2 is 1.73 bits per heavy atom. The summed E-state index contributed by atoms with van der Waals surface area (Å²) in [6.45, 7) is 5.44. The number of carbonyl (C=O) groups excluding carboxylic acids is 2. The van der Waals surface area contributed by atoms with Crippen molar-refractivity contribution >= 4 is 44.2 Å². The van der Waals surface area contributed by atoms with Crippen LogP contribution in [0.1, 0.15) is 29.8 Å². The summed E-state index contributed by atoms with van der Waals surface area (Å²) in [5, 5.41) is 16.6. The first-order valence-electron chi connectivity index (χ1n) is 14.8. The van der Waals surface area contributed by atoms with Crippen LogP contribution < -0.4 is 15.4 Å². The summed E-state index contributed by atoms with van der Waals surface area (Å²) in [6.07, 6.45) is 1.20. The van der Waals surface area contributed by atoms with Crippen molar-refractivity contribution in [2.75, 3.05) is 37.4 Å². The molecule has 1 aliphatic rings. The Balaban J connectivity index is 1.48. The molecule has 0 fully saturated rings. The summed E-state index contributed by atoms with van der Waals surface area (Å²) < 4.78 is 36.7. The molecule has 0 aliphatic carbocycles. The molecular weight excluding hydrogens is 594 g/mol. The molecular formula is C33H39N5O6S. The molecule has 5 rings (SSSR count). The van der Waals surface area contributed by atoms with Crippen LogP contribution in [-0.4, -0.2) is 78.1 Å². The smallest absolute Gasteiger partial charge is 0.323 e. The van der Waals surface area contributed by atoms with E-state index in [0.717, 1.165) is 16.5 Å². The van der Waals surface area contributed by atoms with Gasteiger partial charge in [-0.2, -0.15) is 4.31 Å². The fourth-order valence-electron chi connectivity index (χ4n) is 5.49. The lowest BCUT2D eigenvalue weighted by atomic mass is 9.99. The number of carbonyl (C=O) groups is 2. The number of aliphatic hydroxyl groups is 1. The Kier molecular flexibility index (Phi) is 9.19. The number of anilines is 2. The first kappa shape index (κ1) is 32.0. The van der Waals surface area contributed by atoms with Gasteiger partial charge in [0.1, 0.15) is 6.10 Å². The maximum atomic E-state index is 13.8. The number of amides is 3. The summed E-state index contributed by atoms with van der Waals surface area (Å²) in [7, 11) is -0.438. The minimum Gasteiger partial charge on any atom is -0.486 e. The predicted molar refractivity (Wildman–Crippen MR) is 174 cm³/mol. The van der Waals surface area contributed by atoms with Crippen molar-refractivity contribution in [1.29, 1.82) is 0 Å². The monoisotopic (exact) mass is 633 g/mol. The van der Waals surface area contributed by atoms with Crippen LogP contribution in [0.5, 0.6) is 5.75 Å². The molecule has 0 spiro atoms. The molecule has 1 aromatic heterocycles. The van der Waals surface area contributed by atoms with E-state index < -0.39 is 28.2 Å². The second-order valence-corrected chi connectivity index (χ2v) is 13.7. The van der Waals surface area contributed by atoms with Gasteiger partial charge in [0.05, 0.1) is 41.0 Å². The van der Waals surface area contributed by atoms with Crippen molar-refractivity contribution in [1.82, 2.24) is 13.8 Å². The molecule has 3 N–H and O–H groups in total. The average molecular weight is 634 g/mol. The molecule has 3 aromatic carbocycles. The lowest BCUT2D eigenvalue weighted by molar-refractivity contribution is 0.0389. The third-order valence-electron chi connectivity index (χ3n) is 8.28.